The minimum Gasteiger partial charge on any atom is -0.375 e. The number of hydrogen-bond donors (Lipinski definition) is 1. The Morgan fingerprint density at radius 1 is 1.30 bits per heavy atom. The van der Waals surface area contributed by atoms with Crippen LogP contribution in [0.15, 0.2) is 41.0 Å². The minimum atomic E-state index is -0.275. The summed E-state index contributed by atoms with van der Waals surface area (Å²) in [5, 5.41) is 3.41. The van der Waals surface area contributed by atoms with E-state index in [-0.39, 0.29) is 5.91 Å². The molecule has 1 amide bonds. The number of para-hydroxylation sites is 1. The van der Waals surface area contributed by atoms with Crippen LogP contribution in [-0.2, 0) is 0 Å². The SMILES string of the molecule is CN(C)c1c(Cl)cccc1NC(=O)c1ccc(Br)cn1. The van der Waals surface area contributed by atoms with Crippen molar-refractivity contribution in [2.75, 3.05) is 24.3 Å². The molecule has 1 N–H and O–H groups in total. The van der Waals surface area contributed by atoms with Gasteiger partial charge < -0.3 is 10.2 Å². The van der Waals surface area contributed by atoms with Crippen molar-refractivity contribution in [3.05, 3.63) is 51.7 Å². The molecule has 0 bridgehead atoms. The summed E-state index contributed by atoms with van der Waals surface area (Å²) in [6.07, 6.45) is 1.58. The smallest absolute Gasteiger partial charge is 0.274 e. The van der Waals surface area contributed by atoms with Crippen molar-refractivity contribution in [2.24, 2.45) is 0 Å². The Hall–Kier alpha value is -1.59. The van der Waals surface area contributed by atoms with Crippen LogP contribution in [0.1, 0.15) is 10.5 Å². The maximum atomic E-state index is 12.2. The van der Waals surface area contributed by atoms with Gasteiger partial charge in [0, 0.05) is 24.8 Å². The summed E-state index contributed by atoms with van der Waals surface area (Å²) in [6.45, 7) is 0. The van der Waals surface area contributed by atoms with Crippen molar-refractivity contribution in [1.82, 2.24) is 4.98 Å². The molecule has 6 heteroatoms. The van der Waals surface area contributed by atoms with Crippen LogP contribution in [0.25, 0.3) is 0 Å². The van der Waals surface area contributed by atoms with Crippen molar-refractivity contribution < 1.29 is 4.79 Å². The van der Waals surface area contributed by atoms with Crippen molar-refractivity contribution >= 4 is 44.8 Å². The molecule has 1 heterocycles. The number of rotatable bonds is 3. The quantitative estimate of drug-likeness (QED) is 0.911. The molecule has 1 aromatic heterocycles. The van der Waals surface area contributed by atoms with Crippen LogP contribution in [-0.4, -0.2) is 25.0 Å². The topological polar surface area (TPSA) is 45.2 Å². The maximum Gasteiger partial charge on any atom is 0.274 e. The molecule has 2 rings (SSSR count). The van der Waals surface area contributed by atoms with E-state index in [0.717, 1.165) is 10.2 Å². The zero-order valence-electron chi connectivity index (χ0n) is 11.0. The number of amides is 1. The maximum absolute atomic E-state index is 12.2. The van der Waals surface area contributed by atoms with E-state index in [0.29, 0.717) is 16.4 Å². The normalized spacial score (nSPS) is 10.2. The zero-order chi connectivity index (χ0) is 14.7. The van der Waals surface area contributed by atoms with Crippen molar-refractivity contribution in [3.8, 4) is 0 Å². The second-order valence-electron chi connectivity index (χ2n) is 4.35. The molecule has 104 valence electrons. The van der Waals surface area contributed by atoms with Crippen molar-refractivity contribution in [2.45, 2.75) is 0 Å². The summed E-state index contributed by atoms with van der Waals surface area (Å²) in [5.41, 5.74) is 1.76. The molecule has 0 aliphatic carbocycles. The lowest BCUT2D eigenvalue weighted by atomic mass is 10.2. The van der Waals surface area contributed by atoms with E-state index < -0.39 is 0 Å². The number of aromatic nitrogens is 1. The van der Waals surface area contributed by atoms with Gasteiger partial charge in [0.2, 0.25) is 0 Å². The van der Waals surface area contributed by atoms with E-state index in [1.807, 2.05) is 19.0 Å². The first-order chi connectivity index (χ1) is 9.49. The molecule has 0 saturated heterocycles. The first kappa shape index (κ1) is 14.8. The molecule has 1 aromatic carbocycles. The Kier molecular flexibility index (Phi) is 4.62. The summed E-state index contributed by atoms with van der Waals surface area (Å²) in [4.78, 5) is 18.1. The van der Waals surface area contributed by atoms with E-state index in [2.05, 4.69) is 26.2 Å². The first-order valence-corrected chi connectivity index (χ1v) is 7.05. The number of nitrogens with one attached hydrogen (secondary N) is 1. The Morgan fingerprint density at radius 2 is 2.05 bits per heavy atom. The second-order valence-corrected chi connectivity index (χ2v) is 5.67. The average molecular weight is 355 g/mol. The molecule has 0 unspecified atom stereocenters. The van der Waals surface area contributed by atoms with Gasteiger partial charge in [0.1, 0.15) is 5.69 Å². The first-order valence-electron chi connectivity index (χ1n) is 5.88. The van der Waals surface area contributed by atoms with Gasteiger partial charge in [0.15, 0.2) is 0 Å². The van der Waals surface area contributed by atoms with E-state index in [1.54, 1.807) is 36.5 Å². The highest BCUT2D eigenvalue weighted by Gasteiger charge is 2.13. The minimum absolute atomic E-state index is 0.275. The molecule has 0 spiro atoms. The third-order valence-electron chi connectivity index (χ3n) is 2.64. The molecule has 0 aliphatic rings. The highest BCUT2D eigenvalue weighted by molar-refractivity contribution is 9.10. The van der Waals surface area contributed by atoms with Crippen LogP contribution >= 0.6 is 27.5 Å². The van der Waals surface area contributed by atoms with E-state index in [4.69, 9.17) is 11.6 Å². The van der Waals surface area contributed by atoms with Crippen LogP contribution in [0.4, 0.5) is 11.4 Å². The summed E-state index contributed by atoms with van der Waals surface area (Å²) in [5.74, 6) is -0.275. The molecule has 2 aromatic rings. The summed E-state index contributed by atoms with van der Waals surface area (Å²) in [6, 6.07) is 8.80. The van der Waals surface area contributed by atoms with Gasteiger partial charge in [-0.1, -0.05) is 17.7 Å². The predicted octanol–water partition coefficient (Wildman–Crippen LogP) is 3.82. The van der Waals surface area contributed by atoms with Gasteiger partial charge in [-0.15, -0.1) is 0 Å². The van der Waals surface area contributed by atoms with Crippen LogP contribution in [0, 0.1) is 0 Å². The number of pyridine rings is 1. The van der Waals surface area contributed by atoms with E-state index in [1.165, 1.54) is 0 Å². The number of benzene rings is 1. The third-order valence-corrected chi connectivity index (χ3v) is 3.42. The predicted molar refractivity (Wildman–Crippen MR) is 85.7 cm³/mol. The van der Waals surface area contributed by atoms with Crippen molar-refractivity contribution in [1.29, 1.82) is 0 Å². The molecular weight excluding hydrogens is 342 g/mol. The fourth-order valence-corrected chi connectivity index (χ4v) is 2.35. The van der Waals surface area contributed by atoms with Gasteiger partial charge in [-0.2, -0.15) is 0 Å². The lowest BCUT2D eigenvalue weighted by Crippen LogP contribution is -2.17. The number of nitrogens with zero attached hydrogens (tertiary/aromatic N) is 2. The van der Waals surface area contributed by atoms with Gasteiger partial charge in [-0.05, 0) is 40.2 Å². The molecule has 0 fully saturated rings. The highest BCUT2D eigenvalue weighted by atomic mass is 79.9. The third kappa shape index (κ3) is 3.29. The van der Waals surface area contributed by atoms with Crippen LogP contribution in [0.5, 0.6) is 0 Å². The lowest BCUT2D eigenvalue weighted by Gasteiger charge is -2.19. The molecule has 20 heavy (non-hydrogen) atoms. The van der Waals surface area contributed by atoms with Crippen LogP contribution < -0.4 is 10.2 Å². The monoisotopic (exact) mass is 353 g/mol. The highest BCUT2D eigenvalue weighted by Crippen LogP contribution is 2.32. The molecular formula is C14H13BrClN3O. The van der Waals surface area contributed by atoms with E-state index >= 15 is 0 Å². The second kappa shape index (κ2) is 6.24. The number of carbonyl (C=O) groups excluding carboxylic acids is 1. The summed E-state index contributed by atoms with van der Waals surface area (Å²) < 4.78 is 0.825. The Labute approximate surface area is 130 Å². The standard InChI is InChI=1S/C14H13BrClN3O/c1-19(2)13-10(16)4-3-5-11(13)18-14(20)12-7-6-9(15)8-17-12/h3-8H,1-2H3,(H,18,20). The van der Waals surface area contributed by atoms with Gasteiger partial charge in [-0.25, -0.2) is 4.98 Å². The van der Waals surface area contributed by atoms with E-state index in [9.17, 15) is 4.79 Å². The van der Waals surface area contributed by atoms with Crippen LogP contribution in [0.3, 0.4) is 0 Å². The number of hydrogen-bond acceptors (Lipinski definition) is 3. The lowest BCUT2D eigenvalue weighted by molar-refractivity contribution is 0.102. The molecule has 0 atom stereocenters. The van der Waals surface area contributed by atoms with Gasteiger partial charge in [0.05, 0.1) is 16.4 Å². The summed E-state index contributed by atoms with van der Waals surface area (Å²) in [7, 11) is 3.74. The number of anilines is 2. The average Bonchev–Trinajstić information content (AvgIpc) is 2.39. The fraction of sp³-hybridized carbons (Fsp3) is 0.143. The number of halogens is 2. The Balaban J connectivity index is 2.28. The molecule has 4 nitrogen and oxygen atoms in total. The summed E-state index contributed by atoms with van der Waals surface area (Å²) >= 11 is 9.44. The van der Waals surface area contributed by atoms with Gasteiger partial charge >= 0.3 is 0 Å². The molecule has 0 saturated carbocycles. The largest absolute Gasteiger partial charge is 0.375 e. The van der Waals surface area contributed by atoms with Gasteiger partial charge in [0.25, 0.3) is 5.91 Å². The molecule has 0 radical (unpaired) electrons. The Bertz CT molecular complexity index is 629. The van der Waals surface area contributed by atoms with Crippen LogP contribution in [0.2, 0.25) is 5.02 Å². The van der Waals surface area contributed by atoms with Crippen molar-refractivity contribution in [3.63, 3.8) is 0 Å². The number of carbonyl (C=O) groups is 1. The molecule has 0 aliphatic heterocycles. The van der Waals surface area contributed by atoms with Gasteiger partial charge in [-0.3, -0.25) is 4.79 Å². The Morgan fingerprint density at radius 3 is 2.65 bits per heavy atom. The fourth-order valence-electron chi connectivity index (χ4n) is 1.77. The zero-order valence-corrected chi connectivity index (χ0v) is 13.4.